The van der Waals surface area contributed by atoms with Gasteiger partial charge in [0.05, 0.1) is 18.1 Å². The van der Waals surface area contributed by atoms with Gasteiger partial charge in [0.2, 0.25) is 5.91 Å². The number of benzene rings is 1. The molecule has 26 heavy (non-hydrogen) atoms. The summed E-state index contributed by atoms with van der Waals surface area (Å²) in [7, 11) is 1.65. The van der Waals surface area contributed by atoms with E-state index in [0.29, 0.717) is 19.0 Å². The quantitative estimate of drug-likeness (QED) is 0.718. The number of halogens is 1. The Morgan fingerprint density at radius 2 is 2.00 bits per heavy atom. The zero-order chi connectivity index (χ0) is 18.4. The SMILES string of the molecule is COc1ccc(CCC(=O)N2CCCC(Oc3ncc(Br)cn3)C2)cc1. The highest BCUT2D eigenvalue weighted by Crippen LogP contribution is 2.18. The molecule has 138 valence electrons. The molecule has 2 aromatic rings. The summed E-state index contributed by atoms with van der Waals surface area (Å²) in [6.07, 6.45) is 6.30. The summed E-state index contributed by atoms with van der Waals surface area (Å²) in [5.41, 5.74) is 1.13. The smallest absolute Gasteiger partial charge is 0.316 e. The van der Waals surface area contributed by atoms with Crippen molar-refractivity contribution in [3.8, 4) is 11.8 Å². The number of aromatic nitrogens is 2. The van der Waals surface area contributed by atoms with Gasteiger partial charge in [0.1, 0.15) is 11.9 Å². The van der Waals surface area contributed by atoms with Crippen LogP contribution in [0.2, 0.25) is 0 Å². The summed E-state index contributed by atoms with van der Waals surface area (Å²) in [6, 6.07) is 8.19. The number of amides is 1. The molecule has 1 atom stereocenters. The van der Waals surface area contributed by atoms with Crippen LogP contribution in [0.1, 0.15) is 24.8 Å². The van der Waals surface area contributed by atoms with Crippen molar-refractivity contribution >= 4 is 21.8 Å². The van der Waals surface area contributed by atoms with Crippen LogP contribution in [0.25, 0.3) is 0 Å². The van der Waals surface area contributed by atoms with Crippen molar-refractivity contribution in [3.05, 3.63) is 46.7 Å². The summed E-state index contributed by atoms with van der Waals surface area (Å²) in [5, 5.41) is 0. The number of carbonyl (C=O) groups is 1. The second-order valence-electron chi connectivity index (χ2n) is 6.25. The molecule has 2 heterocycles. The molecule has 1 unspecified atom stereocenters. The van der Waals surface area contributed by atoms with Gasteiger partial charge in [0, 0.05) is 25.4 Å². The Morgan fingerprint density at radius 1 is 1.27 bits per heavy atom. The van der Waals surface area contributed by atoms with Gasteiger partial charge in [-0.1, -0.05) is 12.1 Å². The number of aryl methyl sites for hydroxylation is 1. The molecule has 1 aliphatic rings. The van der Waals surface area contributed by atoms with E-state index in [4.69, 9.17) is 9.47 Å². The van der Waals surface area contributed by atoms with Crippen LogP contribution in [0.3, 0.4) is 0 Å². The second kappa shape index (κ2) is 8.98. The molecule has 1 aromatic carbocycles. The Labute approximate surface area is 161 Å². The normalized spacial score (nSPS) is 17.0. The largest absolute Gasteiger partial charge is 0.497 e. The minimum Gasteiger partial charge on any atom is -0.497 e. The fourth-order valence-electron chi connectivity index (χ4n) is 2.97. The van der Waals surface area contributed by atoms with Crippen molar-refractivity contribution in [2.75, 3.05) is 20.2 Å². The molecule has 0 bridgehead atoms. The van der Waals surface area contributed by atoms with E-state index in [2.05, 4.69) is 25.9 Å². The molecular formula is C19H22BrN3O3. The van der Waals surface area contributed by atoms with Crippen LogP contribution in [0.4, 0.5) is 0 Å². The number of hydrogen-bond donors (Lipinski definition) is 0. The van der Waals surface area contributed by atoms with Gasteiger partial charge in [0.25, 0.3) is 0 Å². The van der Waals surface area contributed by atoms with Gasteiger partial charge in [-0.15, -0.1) is 0 Å². The molecule has 1 fully saturated rings. The molecule has 0 saturated carbocycles. The van der Waals surface area contributed by atoms with Crippen molar-refractivity contribution < 1.29 is 14.3 Å². The molecule has 1 aliphatic heterocycles. The summed E-state index contributed by atoms with van der Waals surface area (Å²) >= 11 is 3.30. The summed E-state index contributed by atoms with van der Waals surface area (Å²) in [4.78, 5) is 22.7. The monoisotopic (exact) mass is 419 g/mol. The van der Waals surface area contributed by atoms with Gasteiger partial charge in [-0.2, -0.15) is 0 Å². The Morgan fingerprint density at radius 3 is 2.69 bits per heavy atom. The topological polar surface area (TPSA) is 64.5 Å². The van der Waals surface area contributed by atoms with Crippen LogP contribution in [0.15, 0.2) is 41.1 Å². The molecule has 1 amide bonds. The maximum atomic E-state index is 12.5. The van der Waals surface area contributed by atoms with E-state index in [1.54, 1.807) is 19.5 Å². The number of hydrogen-bond acceptors (Lipinski definition) is 5. The lowest BCUT2D eigenvalue weighted by molar-refractivity contribution is -0.133. The van der Waals surface area contributed by atoms with E-state index in [9.17, 15) is 4.79 Å². The number of nitrogens with zero attached hydrogens (tertiary/aromatic N) is 3. The first-order valence-electron chi connectivity index (χ1n) is 8.69. The second-order valence-corrected chi connectivity index (χ2v) is 7.17. The molecule has 6 nitrogen and oxygen atoms in total. The molecule has 1 saturated heterocycles. The van der Waals surface area contributed by atoms with E-state index in [1.807, 2.05) is 29.2 Å². The van der Waals surface area contributed by atoms with Crippen LogP contribution >= 0.6 is 15.9 Å². The minimum absolute atomic E-state index is 0.0603. The third kappa shape index (κ3) is 5.17. The lowest BCUT2D eigenvalue weighted by atomic mass is 10.1. The molecule has 0 N–H and O–H groups in total. The number of rotatable bonds is 6. The first-order chi connectivity index (χ1) is 12.6. The summed E-state index contributed by atoms with van der Waals surface area (Å²) in [5.74, 6) is 0.983. The lowest BCUT2D eigenvalue weighted by Crippen LogP contribution is -2.44. The van der Waals surface area contributed by atoms with Crippen molar-refractivity contribution in [2.45, 2.75) is 31.8 Å². The Kier molecular flexibility index (Phi) is 6.44. The molecule has 7 heteroatoms. The lowest BCUT2D eigenvalue weighted by Gasteiger charge is -2.32. The predicted octanol–water partition coefficient (Wildman–Crippen LogP) is 3.25. The third-order valence-electron chi connectivity index (χ3n) is 4.39. The molecule has 0 spiro atoms. The maximum absolute atomic E-state index is 12.5. The molecular weight excluding hydrogens is 398 g/mol. The Balaban J connectivity index is 1.49. The molecule has 0 radical (unpaired) electrons. The van der Waals surface area contributed by atoms with Gasteiger partial charge in [0.15, 0.2) is 0 Å². The average Bonchev–Trinajstić information content (AvgIpc) is 2.68. The first kappa shape index (κ1) is 18.6. The number of piperidine rings is 1. The molecule has 0 aliphatic carbocycles. The zero-order valence-electron chi connectivity index (χ0n) is 14.7. The van der Waals surface area contributed by atoms with E-state index in [0.717, 1.165) is 41.6 Å². The Hall–Kier alpha value is -2.15. The van der Waals surface area contributed by atoms with Gasteiger partial charge in [-0.05, 0) is 52.9 Å². The van der Waals surface area contributed by atoms with Crippen molar-refractivity contribution in [1.82, 2.24) is 14.9 Å². The van der Waals surface area contributed by atoms with Crippen molar-refractivity contribution in [1.29, 1.82) is 0 Å². The summed E-state index contributed by atoms with van der Waals surface area (Å²) < 4.78 is 11.8. The molecule has 3 rings (SSSR count). The van der Waals surface area contributed by atoms with Crippen LogP contribution in [-0.2, 0) is 11.2 Å². The Bertz CT molecular complexity index is 722. The average molecular weight is 420 g/mol. The van der Waals surface area contributed by atoms with Crippen molar-refractivity contribution in [3.63, 3.8) is 0 Å². The zero-order valence-corrected chi connectivity index (χ0v) is 16.3. The van der Waals surface area contributed by atoms with Crippen LogP contribution in [0, 0.1) is 0 Å². The molecule has 1 aromatic heterocycles. The highest BCUT2D eigenvalue weighted by Gasteiger charge is 2.25. The van der Waals surface area contributed by atoms with E-state index < -0.39 is 0 Å². The number of methoxy groups -OCH3 is 1. The standard InChI is InChI=1S/C19H22BrN3O3/c1-25-16-7-4-14(5-8-16)6-9-18(24)23-10-2-3-17(13-23)26-19-21-11-15(20)12-22-19/h4-5,7-8,11-12,17H,2-3,6,9-10,13H2,1H3. The van der Waals surface area contributed by atoms with Crippen LogP contribution < -0.4 is 9.47 Å². The maximum Gasteiger partial charge on any atom is 0.316 e. The van der Waals surface area contributed by atoms with Crippen LogP contribution in [-0.4, -0.2) is 47.1 Å². The predicted molar refractivity (Wildman–Crippen MR) is 101 cm³/mol. The van der Waals surface area contributed by atoms with Gasteiger partial charge >= 0.3 is 6.01 Å². The highest BCUT2D eigenvalue weighted by molar-refractivity contribution is 9.10. The minimum atomic E-state index is -0.0603. The number of ether oxygens (including phenoxy) is 2. The van der Waals surface area contributed by atoms with Crippen LogP contribution in [0.5, 0.6) is 11.8 Å². The van der Waals surface area contributed by atoms with E-state index in [1.165, 1.54) is 0 Å². The summed E-state index contributed by atoms with van der Waals surface area (Å²) in [6.45, 7) is 1.36. The van der Waals surface area contributed by atoms with E-state index >= 15 is 0 Å². The first-order valence-corrected chi connectivity index (χ1v) is 9.48. The number of likely N-dealkylation sites (tertiary alicyclic amines) is 1. The third-order valence-corrected chi connectivity index (χ3v) is 4.80. The van der Waals surface area contributed by atoms with Crippen molar-refractivity contribution in [2.24, 2.45) is 0 Å². The highest BCUT2D eigenvalue weighted by atomic mass is 79.9. The van der Waals surface area contributed by atoms with E-state index in [-0.39, 0.29) is 12.0 Å². The van der Waals surface area contributed by atoms with Gasteiger partial charge in [-0.3, -0.25) is 4.79 Å². The van der Waals surface area contributed by atoms with Gasteiger partial charge in [-0.25, -0.2) is 9.97 Å². The fourth-order valence-corrected chi connectivity index (χ4v) is 3.18. The van der Waals surface area contributed by atoms with Gasteiger partial charge < -0.3 is 14.4 Å². The number of carbonyl (C=O) groups excluding carboxylic acids is 1. The fraction of sp³-hybridized carbons (Fsp3) is 0.421.